The number of aliphatic hydroxyl groups is 2. The Hall–Kier alpha value is -4.10. The number of thioether (sulfide) groups is 2. The maximum atomic E-state index is 12.9. The minimum absolute atomic E-state index is 0.0593. The summed E-state index contributed by atoms with van der Waals surface area (Å²) in [4.78, 5) is 26.7. The zero-order valence-electron chi connectivity index (χ0n) is 39.6. The molecule has 6 aromatic carbocycles. The Morgan fingerprint density at radius 2 is 1.00 bits per heavy atom. The van der Waals surface area contributed by atoms with E-state index < -0.39 is 16.4 Å². The van der Waals surface area contributed by atoms with E-state index in [4.69, 9.17) is 17.0 Å². The molecule has 0 amide bonds. The first-order valence-corrected chi connectivity index (χ1v) is 40.1. The van der Waals surface area contributed by atoms with Crippen molar-refractivity contribution in [2.45, 2.75) is 99.7 Å². The molecular formula is C60H63BiCl2O4S2. The average Bonchev–Trinajstić information content (AvgIpc) is 4.30. The number of carbonyl (C=O) groups is 2. The average molecular weight is 1190 g/mol. The van der Waals surface area contributed by atoms with Crippen molar-refractivity contribution in [1.29, 1.82) is 0 Å². The van der Waals surface area contributed by atoms with Crippen LogP contribution in [0.25, 0.3) is 5.57 Å². The molecule has 2 fully saturated rings. The van der Waals surface area contributed by atoms with Gasteiger partial charge in [-0.1, -0.05) is 59.7 Å². The second-order valence-corrected chi connectivity index (χ2v) is 47.7. The normalized spacial score (nSPS) is 18.7. The third-order valence-electron chi connectivity index (χ3n) is 13.5. The van der Waals surface area contributed by atoms with Gasteiger partial charge in [0, 0.05) is 41.6 Å². The van der Waals surface area contributed by atoms with Gasteiger partial charge in [0.15, 0.2) is 11.6 Å². The monoisotopic (exact) mass is 1190 g/mol. The Labute approximate surface area is 426 Å². The van der Waals surface area contributed by atoms with Crippen LogP contribution in [0.2, 0.25) is 0 Å². The van der Waals surface area contributed by atoms with Crippen LogP contribution < -0.4 is 9.81 Å². The molecule has 0 aromatic heterocycles. The summed E-state index contributed by atoms with van der Waals surface area (Å²) < 4.78 is 3.36. The van der Waals surface area contributed by atoms with E-state index in [0.29, 0.717) is 54.8 Å². The number of allylic oxidation sites excluding steroid dienone is 4. The Kier molecular flexibility index (Phi) is 17.4. The van der Waals surface area contributed by atoms with E-state index in [1.54, 1.807) is 0 Å². The van der Waals surface area contributed by atoms with Crippen molar-refractivity contribution in [3.05, 3.63) is 203 Å². The van der Waals surface area contributed by atoms with Crippen LogP contribution >= 0.6 is 40.5 Å². The van der Waals surface area contributed by atoms with E-state index in [1.807, 2.05) is 78.1 Å². The van der Waals surface area contributed by atoms with Crippen LogP contribution in [-0.2, 0) is 9.59 Å². The minimum atomic E-state index is -4.69. The van der Waals surface area contributed by atoms with E-state index in [1.165, 1.54) is 67.1 Å². The number of rotatable bonds is 14. The number of ketones is 2. The molecule has 6 aromatic rings. The van der Waals surface area contributed by atoms with Crippen molar-refractivity contribution < 1.29 is 19.8 Å². The van der Waals surface area contributed by atoms with Gasteiger partial charge in [-0.2, -0.15) is 0 Å². The van der Waals surface area contributed by atoms with Crippen molar-refractivity contribution in [2.75, 3.05) is 11.5 Å². The van der Waals surface area contributed by atoms with Crippen LogP contribution in [0.5, 0.6) is 0 Å². The summed E-state index contributed by atoms with van der Waals surface area (Å²) in [5.41, 5.74) is 6.68. The fourth-order valence-corrected chi connectivity index (χ4v) is 31.0. The zero-order chi connectivity index (χ0) is 48.4. The van der Waals surface area contributed by atoms with Gasteiger partial charge in [-0.3, -0.25) is 9.59 Å². The van der Waals surface area contributed by atoms with Crippen molar-refractivity contribution in [3.63, 3.8) is 0 Å². The summed E-state index contributed by atoms with van der Waals surface area (Å²) in [5.74, 6) is 4.41. The second-order valence-electron chi connectivity index (χ2n) is 19.1. The van der Waals surface area contributed by atoms with E-state index >= 15 is 0 Å². The molecule has 0 bridgehead atoms. The number of carbonyl (C=O) groups excluding carboxylic acids is 2. The summed E-state index contributed by atoms with van der Waals surface area (Å²) in [7, 11) is 15.3. The van der Waals surface area contributed by atoms with Gasteiger partial charge < -0.3 is 10.2 Å². The zero-order valence-corrected chi connectivity index (χ0v) is 46.2. The van der Waals surface area contributed by atoms with Gasteiger partial charge in [-0.25, -0.2) is 0 Å². The van der Waals surface area contributed by atoms with E-state index in [2.05, 4.69) is 117 Å². The quantitative estimate of drug-likeness (QED) is 0.0836. The number of Topliss-reactive ketones (excluding diaryl/α,β-unsaturated/α-hetero) is 1. The number of hydrogen-bond donors (Lipinski definition) is 2. The van der Waals surface area contributed by atoms with Gasteiger partial charge in [0.1, 0.15) is 5.76 Å². The predicted molar refractivity (Wildman–Crippen MR) is 295 cm³/mol. The standard InChI is InChI=1S/C24H26O2S.C15H18O2S.C9H9.2C6H5.Bi.2ClH/c1-16-6-10-19(11-7-16)27-13-12-17-14-22(25)24(23(26)15-17)21-5-3-2-4-20(21)18-8-9-18;1-11-2-4-15(5-3-11)18-7-6-12-8-13(16)10-14(17)9-12;1-2-4-8(5-3-1)9-6-7-9;2*1-2-4-6-5-3-1;;;/h2-7,10-11,17-18,25H,8-9,12-15H2,1H3;2-5,10,12,16H,6-9H2,1H3;1-4,9H,6-7H2;2*1-5H;;2*1H/q;;;;;+2;;/p-2. The Morgan fingerprint density at radius 3 is 1.51 bits per heavy atom. The van der Waals surface area contributed by atoms with Gasteiger partial charge in [-0.05, 0) is 104 Å². The Bertz CT molecular complexity index is 2720. The molecular weight excluding hydrogens is 1130 g/mol. The Balaban J connectivity index is 0.000000142. The maximum absolute atomic E-state index is 12.9. The van der Waals surface area contributed by atoms with Crippen LogP contribution in [0, 0.1) is 25.7 Å². The van der Waals surface area contributed by atoms with Crippen molar-refractivity contribution in [3.8, 4) is 0 Å². The van der Waals surface area contributed by atoms with Crippen LogP contribution in [0.15, 0.2) is 185 Å². The summed E-state index contributed by atoms with van der Waals surface area (Å²) in [6, 6.07) is 54.3. The third-order valence-corrected chi connectivity index (χ3v) is 39.9. The molecule has 4 aliphatic rings. The third kappa shape index (κ3) is 13.3. The molecule has 9 heteroatoms. The molecule has 2 saturated carbocycles. The fourth-order valence-electron chi connectivity index (χ4n) is 9.47. The molecule has 0 spiro atoms. The molecule has 0 saturated heterocycles. The molecule has 10 rings (SSSR count). The molecule has 0 aliphatic heterocycles. The van der Waals surface area contributed by atoms with E-state index in [-0.39, 0.29) is 23.2 Å². The number of aliphatic hydroxyl groups excluding tert-OH is 2. The molecule has 2 atom stereocenters. The van der Waals surface area contributed by atoms with Crippen LogP contribution in [-0.4, -0.2) is 49.7 Å². The van der Waals surface area contributed by atoms with Crippen molar-refractivity contribution in [1.82, 2.24) is 0 Å². The first-order valence-electron chi connectivity index (χ1n) is 24.4. The number of aryl methyl sites for hydroxylation is 2. The van der Waals surface area contributed by atoms with E-state index in [0.717, 1.165) is 36.5 Å². The molecule has 69 heavy (non-hydrogen) atoms. The predicted octanol–water partition coefficient (Wildman–Crippen LogP) is 14.7. The topological polar surface area (TPSA) is 74.6 Å². The number of hydrogen-bond acceptors (Lipinski definition) is 6. The number of halogens is 2. The molecule has 358 valence electrons. The summed E-state index contributed by atoms with van der Waals surface area (Å²) in [5, 5.41) is 20.1. The molecule has 2 N–H and O–H groups in total. The van der Waals surface area contributed by atoms with Crippen LogP contribution in [0.3, 0.4) is 0 Å². The summed E-state index contributed by atoms with van der Waals surface area (Å²) in [6.45, 7) is 4.17. The van der Waals surface area contributed by atoms with Gasteiger partial charge in [0.05, 0.1) is 11.3 Å². The van der Waals surface area contributed by atoms with Gasteiger partial charge in [-0.15, -0.1) is 23.5 Å². The van der Waals surface area contributed by atoms with Crippen LogP contribution in [0.1, 0.15) is 104 Å². The Morgan fingerprint density at radius 1 is 0.536 bits per heavy atom. The van der Waals surface area contributed by atoms with Gasteiger partial charge in [0.2, 0.25) is 0 Å². The van der Waals surface area contributed by atoms with Crippen molar-refractivity contribution >= 4 is 83.9 Å². The summed E-state index contributed by atoms with van der Waals surface area (Å²) >= 11 is -1.05. The molecule has 2 unspecified atom stereocenters. The molecule has 4 nitrogen and oxygen atoms in total. The number of benzene rings is 6. The molecule has 0 heterocycles. The van der Waals surface area contributed by atoms with Gasteiger partial charge in [0.25, 0.3) is 0 Å². The first kappa shape index (κ1) is 51.3. The summed E-state index contributed by atoms with van der Waals surface area (Å²) in [6.07, 6.45) is 10.6. The molecule has 4 aliphatic carbocycles. The van der Waals surface area contributed by atoms with E-state index in [9.17, 15) is 19.8 Å². The van der Waals surface area contributed by atoms with Gasteiger partial charge >= 0.3 is 152 Å². The second kappa shape index (κ2) is 23.4. The first-order chi connectivity index (χ1) is 33.3. The fraction of sp³-hybridized carbons (Fsp3) is 0.300. The van der Waals surface area contributed by atoms with Crippen molar-refractivity contribution in [2.24, 2.45) is 11.8 Å². The van der Waals surface area contributed by atoms with Crippen LogP contribution in [0.4, 0.5) is 0 Å². The SMILES string of the molecule is Cc1ccc(SCCC2CC(=O)C(c3ccccc3C3CC3)=C(O)C2)cc1.Cc1ccc(SCCC2CC(=O)C=C(O)C2)cc1.[Cl][Bi]([Cl])([c]1ccccc1)([c]1ccccc1)[c]1ccccc1C1CC1. The molecule has 0 radical (unpaired) electrons.